The lowest BCUT2D eigenvalue weighted by Gasteiger charge is -2.21. The van der Waals surface area contributed by atoms with Crippen LogP contribution < -0.4 is 10.7 Å². The number of rotatable bonds is 9. The molecule has 4 rings (SSSR count). The van der Waals surface area contributed by atoms with E-state index in [1.165, 1.54) is 40.9 Å². The maximum Gasteiger partial charge on any atom is 0.329 e. The first-order valence-corrected chi connectivity index (χ1v) is 14.2. The highest BCUT2D eigenvalue weighted by atomic mass is 35.5. The Labute approximate surface area is 245 Å². The molecule has 0 atom stereocenters. The fourth-order valence-corrected chi connectivity index (χ4v) is 5.57. The lowest BCUT2D eigenvalue weighted by atomic mass is 10.2. The third kappa shape index (κ3) is 7.93. The molecular formula is C27H21Cl3N4O5S. The van der Waals surface area contributed by atoms with Gasteiger partial charge in [-0.25, -0.2) is 13.8 Å². The first kappa shape index (κ1) is 29.3. The molecule has 0 bridgehead atoms. The van der Waals surface area contributed by atoms with E-state index in [0.717, 1.165) is 5.56 Å². The van der Waals surface area contributed by atoms with Crippen LogP contribution in [0.4, 0.5) is 5.69 Å². The SMILES string of the molecule is O=C(N/N=C/c1ccc(CN(Cc2ccc(Cl)cc2)S(=O)(=O)c2ccccc2)o1)C(=O)Nc1cc(Cl)cc(Cl)c1. The van der Waals surface area contributed by atoms with E-state index in [1.54, 1.807) is 54.6 Å². The number of nitrogens with one attached hydrogen (secondary N) is 2. The lowest BCUT2D eigenvalue weighted by molar-refractivity contribution is -0.136. The van der Waals surface area contributed by atoms with Gasteiger partial charge in [-0.05, 0) is 60.2 Å². The van der Waals surface area contributed by atoms with Gasteiger partial charge in [0, 0.05) is 27.3 Å². The van der Waals surface area contributed by atoms with Gasteiger partial charge >= 0.3 is 11.8 Å². The molecule has 2 amide bonds. The summed E-state index contributed by atoms with van der Waals surface area (Å²) in [5, 5.41) is 7.21. The predicted octanol–water partition coefficient (Wildman–Crippen LogP) is 5.72. The summed E-state index contributed by atoms with van der Waals surface area (Å²) < 4.78 is 33.8. The molecule has 0 aliphatic heterocycles. The average Bonchev–Trinajstić information content (AvgIpc) is 3.36. The Bertz CT molecular complexity index is 1620. The topological polar surface area (TPSA) is 121 Å². The predicted molar refractivity (Wildman–Crippen MR) is 154 cm³/mol. The van der Waals surface area contributed by atoms with Gasteiger partial charge in [0.25, 0.3) is 0 Å². The minimum absolute atomic E-state index is 0.0710. The number of carbonyl (C=O) groups excluding carboxylic acids is 2. The van der Waals surface area contributed by atoms with Crippen molar-refractivity contribution in [3.05, 3.63) is 117 Å². The van der Waals surface area contributed by atoms with Crippen LogP contribution in [0.2, 0.25) is 15.1 Å². The second-order valence-corrected chi connectivity index (χ2v) is 11.6. The second kappa shape index (κ2) is 13.1. The number of sulfonamides is 1. The Morgan fingerprint density at radius 1 is 0.825 bits per heavy atom. The molecule has 1 aromatic heterocycles. The number of halogens is 3. The quantitative estimate of drug-likeness (QED) is 0.141. The van der Waals surface area contributed by atoms with Gasteiger partial charge in [0.2, 0.25) is 10.0 Å². The van der Waals surface area contributed by atoms with Crippen molar-refractivity contribution in [2.75, 3.05) is 5.32 Å². The monoisotopic (exact) mass is 618 g/mol. The first-order valence-electron chi connectivity index (χ1n) is 11.6. The van der Waals surface area contributed by atoms with Crippen LogP contribution in [0.15, 0.2) is 99.3 Å². The Balaban J connectivity index is 1.43. The molecule has 40 heavy (non-hydrogen) atoms. The smallest absolute Gasteiger partial charge is 0.329 e. The molecule has 0 aliphatic carbocycles. The largest absolute Gasteiger partial charge is 0.459 e. The van der Waals surface area contributed by atoms with Gasteiger partial charge in [-0.15, -0.1) is 0 Å². The molecule has 0 fully saturated rings. The van der Waals surface area contributed by atoms with Crippen LogP contribution >= 0.6 is 34.8 Å². The zero-order valence-electron chi connectivity index (χ0n) is 20.6. The van der Waals surface area contributed by atoms with E-state index in [-0.39, 0.29) is 39.5 Å². The molecule has 9 nitrogen and oxygen atoms in total. The summed E-state index contributed by atoms with van der Waals surface area (Å²) >= 11 is 17.8. The number of hydrogen-bond donors (Lipinski definition) is 2. The van der Waals surface area contributed by atoms with E-state index >= 15 is 0 Å². The third-order valence-electron chi connectivity index (χ3n) is 5.35. The number of hydrogen-bond acceptors (Lipinski definition) is 6. The zero-order valence-corrected chi connectivity index (χ0v) is 23.6. The zero-order chi connectivity index (χ0) is 28.7. The van der Waals surface area contributed by atoms with Crippen molar-refractivity contribution in [3.63, 3.8) is 0 Å². The highest BCUT2D eigenvalue weighted by molar-refractivity contribution is 7.89. The Morgan fingerprint density at radius 3 is 2.17 bits per heavy atom. The van der Waals surface area contributed by atoms with Crippen LogP contribution in [0, 0.1) is 0 Å². The molecule has 0 saturated heterocycles. The molecule has 0 unspecified atom stereocenters. The van der Waals surface area contributed by atoms with Gasteiger partial charge in [0.05, 0.1) is 17.7 Å². The van der Waals surface area contributed by atoms with Crippen LogP contribution in [-0.4, -0.2) is 30.8 Å². The summed E-state index contributed by atoms with van der Waals surface area (Å²) in [6.45, 7) is -0.00776. The summed E-state index contributed by atoms with van der Waals surface area (Å²) in [7, 11) is -3.88. The molecule has 2 N–H and O–H groups in total. The van der Waals surface area contributed by atoms with Crippen LogP contribution in [0.1, 0.15) is 17.1 Å². The molecule has 3 aromatic carbocycles. The Hall–Kier alpha value is -3.67. The molecule has 0 saturated carbocycles. The standard InChI is InChI=1S/C27H21Cl3N4O5S/c28-19-8-6-18(7-9-19)16-34(40(37,38)25-4-2-1-3-5-25)17-24-11-10-23(39-24)15-31-33-27(36)26(35)32-22-13-20(29)12-21(30)14-22/h1-15H,16-17H2,(H,32,35)(H,33,36)/b31-15+. The number of furan rings is 1. The molecule has 13 heteroatoms. The Kier molecular flexibility index (Phi) is 9.62. The fourth-order valence-electron chi connectivity index (χ4n) is 3.50. The lowest BCUT2D eigenvalue weighted by Crippen LogP contribution is -2.32. The van der Waals surface area contributed by atoms with Crippen molar-refractivity contribution < 1.29 is 22.4 Å². The number of benzene rings is 3. The summed E-state index contributed by atoms with van der Waals surface area (Å²) in [5.41, 5.74) is 3.06. The number of amides is 2. The van der Waals surface area contributed by atoms with E-state index in [9.17, 15) is 18.0 Å². The average molecular weight is 620 g/mol. The van der Waals surface area contributed by atoms with Gasteiger partial charge in [0.15, 0.2) is 0 Å². The van der Waals surface area contributed by atoms with Crippen molar-refractivity contribution in [2.24, 2.45) is 5.10 Å². The van der Waals surface area contributed by atoms with Crippen LogP contribution in [-0.2, 0) is 32.7 Å². The van der Waals surface area contributed by atoms with E-state index < -0.39 is 21.8 Å². The summed E-state index contributed by atoms with van der Waals surface area (Å²) in [6, 6.07) is 22.4. The summed E-state index contributed by atoms with van der Waals surface area (Å²) in [5.74, 6) is -1.47. The van der Waals surface area contributed by atoms with Crippen molar-refractivity contribution in [1.29, 1.82) is 0 Å². The van der Waals surface area contributed by atoms with Crippen molar-refractivity contribution in [1.82, 2.24) is 9.73 Å². The number of anilines is 1. The maximum absolute atomic E-state index is 13.4. The van der Waals surface area contributed by atoms with E-state index in [1.807, 2.05) is 0 Å². The second-order valence-electron chi connectivity index (χ2n) is 8.33. The van der Waals surface area contributed by atoms with Crippen molar-refractivity contribution >= 4 is 68.5 Å². The molecular weight excluding hydrogens is 599 g/mol. The van der Waals surface area contributed by atoms with Crippen LogP contribution in [0.5, 0.6) is 0 Å². The van der Waals surface area contributed by atoms with Gasteiger partial charge in [0.1, 0.15) is 11.5 Å². The molecule has 0 spiro atoms. The fraction of sp³-hybridized carbons (Fsp3) is 0.0741. The summed E-state index contributed by atoms with van der Waals surface area (Å²) in [6.07, 6.45) is 1.18. The first-order chi connectivity index (χ1) is 19.1. The summed E-state index contributed by atoms with van der Waals surface area (Å²) in [4.78, 5) is 24.3. The molecule has 206 valence electrons. The van der Waals surface area contributed by atoms with E-state index in [2.05, 4.69) is 15.8 Å². The van der Waals surface area contributed by atoms with E-state index in [4.69, 9.17) is 39.2 Å². The van der Waals surface area contributed by atoms with Crippen molar-refractivity contribution in [2.45, 2.75) is 18.0 Å². The number of carbonyl (C=O) groups is 2. The molecule has 0 aliphatic rings. The highest BCUT2D eigenvalue weighted by Crippen LogP contribution is 2.23. The number of nitrogens with zero attached hydrogens (tertiary/aromatic N) is 2. The van der Waals surface area contributed by atoms with Crippen LogP contribution in [0.3, 0.4) is 0 Å². The van der Waals surface area contributed by atoms with Crippen LogP contribution in [0.25, 0.3) is 0 Å². The maximum atomic E-state index is 13.4. The normalized spacial score (nSPS) is 11.6. The molecule has 0 radical (unpaired) electrons. The minimum atomic E-state index is -3.88. The number of hydrazone groups is 1. The van der Waals surface area contributed by atoms with Gasteiger partial charge < -0.3 is 9.73 Å². The van der Waals surface area contributed by atoms with E-state index in [0.29, 0.717) is 10.8 Å². The highest BCUT2D eigenvalue weighted by Gasteiger charge is 2.26. The van der Waals surface area contributed by atoms with Gasteiger partial charge in [-0.1, -0.05) is 65.1 Å². The van der Waals surface area contributed by atoms with Gasteiger partial charge in [-0.2, -0.15) is 9.41 Å². The molecule has 1 heterocycles. The third-order valence-corrected chi connectivity index (χ3v) is 7.85. The molecule has 4 aromatic rings. The van der Waals surface area contributed by atoms with Crippen molar-refractivity contribution in [3.8, 4) is 0 Å². The van der Waals surface area contributed by atoms with Gasteiger partial charge in [-0.3, -0.25) is 9.59 Å². The minimum Gasteiger partial charge on any atom is -0.459 e. The Morgan fingerprint density at radius 2 is 1.50 bits per heavy atom.